The predicted molar refractivity (Wildman–Crippen MR) is 111 cm³/mol. The number of ketones is 2. The number of Topliss-reactive ketones (excluding diaryl/α,β-unsaturated/α-hetero) is 2. The zero-order chi connectivity index (χ0) is 22.2. The Balaban J connectivity index is 2.44. The summed E-state index contributed by atoms with van der Waals surface area (Å²) < 4.78 is 27.3. The molecule has 0 heterocycles. The molecule has 0 bridgehead atoms. The summed E-state index contributed by atoms with van der Waals surface area (Å²) >= 11 is 0. The SMILES string of the molecule is COC1=C(OC)C(=O)C2=C(C[C@H](C)[C@H](C)Cc3cc(OC)c(OC)c(OC)c32)C1=O. The number of carbonyl (C=O) groups excluding carboxylic acids is 2. The van der Waals surface area contributed by atoms with Crippen molar-refractivity contribution in [2.24, 2.45) is 11.8 Å². The van der Waals surface area contributed by atoms with Gasteiger partial charge >= 0.3 is 0 Å². The molecular formula is C23H28O7. The van der Waals surface area contributed by atoms with Gasteiger partial charge < -0.3 is 23.7 Å². The molecule has 0 saturated carbocycles. The highest BCUT2D eigenvalue weighted by Gasteiger charge is 2.42. The van der Waals surface area contributed by atoms with Gasteiger partial charge in [-0.25, -0.2) is 0 Å². The summed E-state index contributed by atoms with van der Waals surface area (Å²) in [5.74, 6) is 0.734. The van der Waals surface area contributed by atoms with Gasteiger partial charge in [0.1, 0.15) is 0 Å². The van der Waals surface area contributed by atoms with E-state index < -0.39 is 5.78 Å². The number of hydrogen-bond donors (Lipinski definition) is 0. The van der Waals surface area contributed by atoms with Gasteiger partial charge in [0.2, 0.25) is 28.8 Å². The summed E-state index contributed by atoms with van der Waals surface area (Å²) in [6.45, 7) is 4.21. The largest absolute Gasteiger partial charge is 0.493 e. The van der Waals surface area contributed by atoms with Gasteiger partial charge in [0.05, 0.1) is 35.5 Å². The molecule has 3 rings (SSSR count). The predicted octanol–water partition coefficient (Wildman–Crippen LogP) is 3.34. The van der Waals surface area contributed by atoms with Gasteiger partial charge in [-0.1, -0.05) is 13.8 Å². The zero-order valence-electron chi connectivity index (χ0n) is 18.5. The Kier molecular flexibility index (Phi) is 6.10. The number of ether oxygens (including phenoxy) is 5. The zero-order valence-corrected chi connectivity index (χ0v) is 18.5. The minimum atomic E-state index is -0.405. The van der Waals surface area contributed by atoms with Crippen molar-refractivity contribution in [2.75, 3.05) is 35.5 Å². The maximum atomic E-state index is 13.5. The van der Waals surface area contributed by atoms with Crippen LogP contribution < -0.4 is 14.2 Å². The molecule has 7 heteroatoms. The fraction of sp³-hybridized carbons (Fsp3) is 0.478. The van der Waals surface area contributed by atoms with Crippen molar-refractivity contribution in [1.29, 1.82) is 0 Å². The van der Waals surface area contributed by atoms with Crippen molar-refractivity contribution in [3.8, 4) is 17.2 Å². The minimum absolute atomic E-state index is 0.0670. The van der Waals surface area contributed by atoms with Gasteiger partial charge in [-0.3, -0.25) is 9.59 Å². The maximum absolute atomic E-state index is 13.5. The Morgan fingerprint density at radius 2 is 1.30 bits per heavy atom. The Morgan fingerprint density at radius 1 is 0.733 bits per heavy atom. The van der Waals surface area contributed by atoms with E-state index in [-0.39, 0.29) is 34.7 Å². The van der Waals surface area contributed by atoms with E-state index in [1.165, 1.54) is 28.4 Å². The molecule has 7 nitrogen and oxygen atoms in total. The van der Waals surface area contributed by atoms with E-state index in [1.54, 1.807) is 7.11 Å². The van der Waals surface area contributed by atoms with E-state index in [0.29, 0.717) is 41.2 Å². The first kappa shape index (κ1) is 21.7. The Labute approximate surface area is 176 Å². The molecule has 0 saturated heterocycles. The Bertz CT molecular complexity index is 955. The molecule has 0 aromatic heterocycles. The Morgan fingerprint density at radius 3 is 1.83 bits per heavy atom. The number of hydrogen-bond acceptors (Lipinski definition) is 7. The van der Waals surface area contributed by atoms with Crippen LogP contribution in [0.3, 0.4) is 0 Å². The van der Waals surface area contributed by atoms with E-state index in [4.69, 9.17) is 23.7 Å². The van der Waals surface area contributed by atoms with Crippen LogP contribution in [-0.2, 0) is 25.5 Å². The lowest BCUT2D eigenvalue weighted by Crippen LogP contribution is -2.29. The van der Waals surface area contributed by atoms with Crippen molar-refractivity contribution < 1.29 is 33.3 Å². The smallest absolute Gasteiger partial charge is 0.232 e. The monoisotopic (exact) mass is 416 g/mol. The molecule has 162 valence electrons. The molecule has 0 fully saturated rings. The van der Waals surface area contributed by atoms with Crippen LogP contribution in [0.15, 0.2) is 23.2 Å². The van der Waals surface area contributed by atoms with Crippen molar-refractivity contribution in [2.45, 2.75) is 26.7 Å². The molecule has 2 atom stereocenters. The quantitative estimate of drug-likeness (QED) is 0.681. The molecular weight excluding hydrogens is 388 g/mol. The van der Waals surface area contributed by atoms with Crippen LogP contribution in [0.4, 0.5) is 0 Å². The summed E-state index contributed by atoms with van der Waals surface area (Å²) in [5.41, 5.74) is 2.09. The Hall–Kier alpha value is -2.96. The average molecular weight is 416 g/mol. The summed E-state index contributed by atoms with van der Waals surface area (Å²) in [6.07, 6.45) is 1.14. The molecule has 0 radical (unpaired) electrons. The van der Waals surface area contributed by atoms with Crippen molar-refractivity contribution >= 4 is 17.1 Å². The molecule has 1 aromatic rings. The molecule has 2 aliphatic rings. The third-order valence-electron chi connectivity index (χ3n) is 6.03. The number of benzene rings is 1. The van der Waals surface area contributed by atoms with Crippen LogP contribution in [0.25, 0.3) is 5.57 Å². The normalized spacial score (nSPS) is 21.4. The van der Waals surface area contributed by atoms with Crippen LogP contribution in [0.2, 0.25) is 0 Å². The molecule has 0 N–H and O–H groups in total. The third kappa shape index (κ3) is 3.22. The first-order valence-electron chi connectivity index (χ1n) is 9.81. The molecule has 0 amide bonds. The van der Waals surface area contributed by atoms with Crippen LogP contribution in [0.1, 0.15) is 31.4 Å². The van der Waals surface area contributed by atoms with Crippen LogP contribution in [0, 0.1) is 11.8 Å². The van der Waals surface area contributed by atoms with Crippen molar-refractivity contribution in [1.82, 2.24) is 0 Å². The van der Waals surface area contributed by atoms with Crippen LogP contribution >= 0.6 is 0 Å². The lowest BCUT2D eigenvalue weighted by atomic mass is 9.74. The summed E-state index contributed by atoms with van der Waals surface area (Å²) in [5, 5.41) is 0. The molecule has 1 aromatic carbocycles. The third-order valence-corrected chi connectivity index (χ3v) is 6.03. The number of methoxy groups -OCH3 is 5. The van der Waals surface area contributed by atoms with E-state index in [9.17, 15) is 9.59 Å². The highest BCUT2D eigenvalue weighted by Crippen LogP contribution is 2.50. The van der Waals surface area contributed by atoms with Crippen LogP contribution in [-0.4, -0.2) is 47.1 Å². The second-order valence-corrected chi connectivity index (χ2v) is 7.62. The fourth-order valence-electron chi connectivity index (χ4n) is 4.25. The lowest BCUT2D eigenvalue weighted by molar-refractivity contribution is -0.120. The number of rotatable bonds is 5. The highest BCUT2D eigenvalue weighted by molar-refractivity contribution is 6.39. The van der Waals surface area contributed by atoms with Crippen molar-refractivity contribution in [3.05, 3.63) is 34.3 Å². The fourth-order valence-corrected chi connectivity index (χ4v) is 4.25. The average Bonchev–Trinajstić information content (AvgIpc) is 2.74. The van der Waals surface area contributed by atoms with E-state index in [0.717, 1.165) is 5.56 Å². The molecule has 0 spiro atoms. The van der Waals surface area contributed by atoms with E-state index in [2.05, 4.69) is 13.8 Å². The second-order valence-electron chi connectivity index (χ2n) is 7.62. The topological polar surface area (TPSA) is 80.3 Å². The number of allylic oxidation sites excluding steroid dienone is 2. The van der Waals surface area contributed by atoms with Crippen molar-refractivity contribution in [3.63, 3.8) is 0 Å². The summed E-state index contributed by atoms with van der Waals surface area (Å²) in [7, 11) is 7.28. The standard InChI is InChI=1S/C23H28O7/c1-11-8-13-10-15(26-3)20(27-4)21(28-5)16(13)17-14(9-12(11)2)18(24)22(29-6)23(30-7)19(17)25/h10-12H,8-9H2,1-7H3/t11-,12+/m1/s1. The number of fused-ring (bicyclic) bond motifs is 2. The molecule has 2 aliphatic carbocycles. The molecule has 30 heavy (non-hydrogen) atoms. The van der Waals surface area contributed by atoms with Gasteiger partial charge in [-0.05, 0) is 36.3 Å². The summed E-state index contributed by atoms with van der Waals surface area (Å²) in [4.78, 5) is 26.9. The van der Waals surface area contributed by atoms with Gasteiger partial charge in [-0.2, -0.15) is 0 Å². The van der Waals surface area contributed by atoms with Gasteiger partial charge in [-0.15, -0.1) is 0 Å². The summed E-state index contributed by atoms with van der Waals surface area (Å²) in [6, 6.07) is 1.86. The van der Waals surface area contributed by atoms with E-state index >= 15 is 0 Å². The maximum Gasteiger partial charge on any atom is 0.232 e. The van der Waals surface area contributed by atoms with Crippen LogP contribution in [0.5, 0.6) is 17.2 Å². The number of carbonyl (C=O) groups is 2. The molecule has 0 unspecified atom stereocenters. The highest BCUT2D eigenvalue weighted by atomic mass is 16.5. The first-order valence-corrected chi connectivity index (χ1v) is 9.81. The minimum Gasteiger partial charge on any atom is -0.493 e. The second kappa shape index (κ2) is 8.42. The van der Waals surface area contributed by atoms with E-state index in [1.807, 2.05) is 6.07 Å². The van der Waals surface area contributed by atoms with Gasteiger partial charge in [0.25, 0.3) is 0 Å². The molecule has 0 aliphatic heterocycles. The van der Waals surface area contributed by atoms with Gasteiger partial charge in [0, 0.05) is 16.7 Å². The lowest BCUT2D eigenvalue weighted by Gasteiger charge is -2.31. The van der Waals surface area contributed by atoms with Gasteiger partial charge in [0.15, 0.2) is 11.5 Å². The first-order chi connectivity index (χ1) is 14.3.